The third-order valence-corrected chi connectivity index (χ3v) is 9.47. The van der Waals surface area contributed by atoms with Crippen LogP contribution in [0.2, 0.25) is 0 Å². The van der Waals surface area contributed by atoms with E-state index < -0.39 is 0 Å². The zero-order valence-electron chi connectivity index (χ0n) is 29.6. The Bertz CT molecular complexity index is 1680. The lowest BCUT2D eigenvalue weighted by Crippen LogP contribution is -2.10. The zero-order chi connectivity index (χ0) is 34.3. The largest absolute Gasteiger partial charge is 0.491 e. The average molecular weight is 655 g/mol. The zero-order valence-corrected chi connectivity index (χ0v) is 29.6. The molecule has 2 heterocycles. The van der Waals surface area contributed by atoms with Crippen molar-refractivity contribution >= 4 is 0 Å². The monoisotopic (exact) mass is 654 g/mol. The quantitative estimate of drug-likeness (QED) is 0.185. The molecule has 0 bridgehead atoms. The Kier molecular flexibility index (Phi) is 13.6. The SMILES string of the molecule is CCCOc1cnc(C#Cc2ccc(C3CCC(C)CC3)cc2)nc1.CCOc1cnc(C#Cc2ccc(C3CCC(C)CC3)cc2)nc1. The Balaban J connectivity index is 0.000000191. The van der Waals surface area contributed by atoms with E-state index in [0.29, 0.717) is 36.4 Å². The molecule has 2 saturated carbocycles. The number of aromatic nitrogens is 4. The van der Waals surface area contributed by atoms with Crippen LogP contribution in [-0.2, 0) is 0 Å². The molecule has 0 amide bonds. The molecule has 0 radical (unpaired) electrons. The standard InChI is InChI=1S/C22H26N2O.C21H24N2O/c1-3-14-25-21-15-23-22(24-16-21)13-8-18-6-11-20(12-7-18)19-9-4-17(2)5-10-19;1-3-24-20-14-22-21(23-15-20)13-8-17-6-11-19(12-7-17)18-9-4-16(2)5-10-18/h6-7,11-12,15-17,19H,3-5,9-10,14H2,1-2H3;6-7,11-12,14-16,18H,3-5,9-10H2,1-2H3. The molecule has 6 heteroatoms. The maximum absolute atomic E-state index is 5.48. The molecule has 0 aliphatic heterocycles. The van der Waals surface area contributed by atoms with E-state index in [4.69, 9.17) is 9.47 Å². The first-order valence-electron chi connectivity index (χ1n) is 18.1. The van der Waals surface area contributed by atoms with E-state index >= 15 is 0 Å². The molecule has 2 aromatic carbocycles. The lowest BCUT2D eigenvalue weighted by Gasteiger charge is -2.26. The highest BCUT2D eigenvalue weighted by Crippen LogP contribution is 2.36. The Morgan fingerprint density at radius 1 is 0.531 bits per heavy atom. The van der Waals surface area contributed by atoms with Crippen molar-refractivity contribution in [1.29, 1.82) is 0 Å². The molecular formula is C43H50N4O2. The maximum Gasteiger partial charge on any atom is 0.205 e. The van der Waals surface area contributed by atoms with Crippen LogP contribution < -0.4 is 9.47 Å². The van der Waals surface area contributed by atoms with Gasteiger partial charge in [0.1, 0.15) is 0 Å². The van der Waals surface area contributed by atoms with E-state index in [2.05, 4.69) is 113 Å². The number of hydrogen-bond donors (Lipinski definition) is 0. The molecule has 0 spiro atoms. The van der Waals surface area contributed by atoms with Crippen LogP contribution >= 0.6 is 0 Å². The van der Waals surface area contributed by atoms with Gasteiger partial charge >= 0.3 is 0 Å². The van der Waals surface area contributed by atoms with Crippen molar-refractivity contribution in [3.63, 3.8) is 0 Å². The van der Waals surface area contributed by atoms with E-state index in [0.717, 1.165) is 41.2 Å². The first-order valence-corrected chi connectivity index (χ1v) is 18.1. The van der Waals surface area contributed by atoms with Gasteiger partial charge in [0.2, 0.25) is 11.6 Å². The molecule has 0 saturated heterocycles. The van der Waals surface area contributed by atoms with Gasteiger partial charge in [-0.25, -0.2) is 19.9 Å². The predicted octanol–water partition coefficient (Wildman–Crippen LogP) is 9.53. The number of rotatable bonds is 7. The smallest absolute Gasteiger partial charge is 0.205 e. The van der Waals surface area contributed by atoms with E-state index in [1.54, 1.807) is 24.8 Å². The van der Waals surface area contributed by atoms with Gasteiger partial charge in [0.05, 0.1) is 38.0 Å². The minimum absolute atomic E-state index is 0.517. The summed E-state index contributed by atoms with van der Waals surface area (Å²) in [5.41, 5.74) is 4.90. The van der Waals surface area contributed by atoms with Crippen LogP contribution in [0.5, 0.6) is 11.5 Å². The summed E-state index contributed by atoms with van der Waals surface area (Å²) in [7, 11) is 0. The summed E-state index contributed by atoms with van der Waals surface area (Å²) in [5.74, 6) is 17.9. The van der Waals surface area contributed by atoms with Gasteiger partial charge in [0.15, 0.2) is 11.5 Å². The Hall–Kier alpha value is -4.68. The lowest BCUT2D eigenvalue weighted by atomic mass is 9.79. The summed E-state index contributed by atoms with van der Waals surface area (Å²) in [5, 5.41) is 0. The van der Waals surface area contributed by atoms with Crippen LogP contribution in [0.1, 0.15) is 131 Å². The normalized spacial score (nSPS) is 19.9. The molecule has 2 fully saturated rings. The summed E-state index contributed by atoms with van der Waals surface area (Å²) >= 11 is 0. The minimum Gasteiger partial charge on any atom is -0.491 e. The molecule has 2 aliphatic rings. The molecule has 2 aliphatic carbocycles. The van der Waals surface area contributed by atoms with Crippen molar-refractivity contribution in [1.82, 2.24) is 19.9 Å². The molecule has 6 nitrogen and oxygen atoms in total. The molecule has 0 unspecified atom stereocenters. The molecule has 0 atom stereocenters. The van der Waals surface area contributed by atoms with Crippen molar-refractivity contribution < 1.29 is 9.47 Å². The number of ether oxygens (including phenoxy) is 2. The van der Waals surface area contributed by atoms with E-state index in [-0.39, 0.29) is 0 Å². The Morgan fingerprint density at radius 3 is 1.29 bits per heavy atom. The summed E-state index contributed by atoms with van der Waals surface area (Å²) in [6.45, 7) is 10.0. The van der Waals surface area contributed by atoms with Crippen molar-refractivity contribution in [3.8, 4) is 35.2 Å². The molecule has 6 rings (SSSR count). The van der Waals surface area contributed by atoms with Gasteiger partial charge in [-0.3, -0.25) is 0 Å². The van der Waals surface area contributed by atoms with Crippen LogP contribution in [0.3, 0.4) is 0 Å². The summed E-state index contributed by atoms with van der Waals surface area (Å²) < 4.78 is 10.8. The minimum atomic E-state index is 0.517. The molecular weight excluding hydrogens is 604 g/mol. The van der Waals surface area contributed by atoms with Gasteiger partial charge in [0, 0.05) is 11.1 Å². The number of hydrogen-bond acceptors (Lipinski definition) is 6. The third kappa shape index (κ3) is 11.5. The van der Waals surface area contributed by atoms with Gasteiger partial charge in [-0.2, -0.15) is 0 Å². The van der Waals surface area contributed by atoms with Crippen LogP contribution in [0.4, 0.5) is 0 Å². The van der Waals surface area contributed by atoms with Gasteiger partial charge in [-0.05, 0) is 110 Å². The van der Waals surface area contributed by atoms with Gasteiger partial charge in [0.25, 0.3) is 0 Å². The van der Waals surface area contributed by atoms with Gasteiger partial charge < -0.3 is 9.47 Å². The average Bonchev–Trinajstić information content (AvgIpc) is 3.15. The second-order valence-electron chi connectivity index (χ2n) is 13.4. The fraction of sp³-hybridized carbons (Fsp3) is 0.442. The highest BCUT2D eigenvalue weighted by molar-refractivity contribution is 5.41. The van der Waals surface area contributed by atoms with Crippen LogP contribution in [0.25, 0.3) is 0 Å². The van der Waals surface area contributed by atoms with Crippen molar-refractivity contribution in [2.75, 3.05) is 13.2 Å². The van der Waals surface area contributed by atoms with Crippen LogP contribution in [0, 0.1) is 35.5 Å². The summed E-state index contributed by atoms with van der Waals surface area (Å²) in [4.78, 5) is 16.9. The van der Waals surface area contributed by atoms with Crippen molar-refractivity contribution in [2.45, 2.75) is 97.3 Å². The first kappa shape index (κ1) is 35.6. The summed E-state index contributed by atoms with van der Waals surface area (Å²) in [6.07, 6.45) is 18.3. The highest BCUT2D eigenvalue weighted by Gasteiger charge is 2.20. The Labute approximate surface area is 293 Å². The van der Waals surface area contributed by atoms with Crippen LogP contribution in [0.15, 0.2) is 73.3 Å². The van der Waals surface area contributed by atoms with Gasteiger partial charge in [-0.1, -0.05) is 82.6 Å². The third-order valence-electron chi connectivity index (χ3n) is 9.47. The van der Waals surface area contributed by atoms with E-state index in [9.17, 15) is 0 Å². The molecule has 49 heavy (non-hydrogen) atoms. The number of benzene rings is 2. The topological polar surface area (TPSA) is 70.0 Å². The van der Waals surface area contributed by atoms with E-state index in [1.165, 1.54) is 62.5 Å². The predicted molar refractivity (Wildman–Crippen MR) is 197 cm³/mol. The fourth-order valence-corrected chi connectivity index (χ4v) is 6.42. The second kappa shape index (κ2) is 18.8. The van der Waals surface area contributed by atoms with Crippen molar-refractivity contribution in [2.24, 2.45) is 11.8 Å². The maximum atomic E-state index is 5.48. The summed E-state index contributed by atoms with van der Waals surface area (Å²) in [6, 6.07) is 17.3. The van der Waals surface area contributed by atoms with Gasteiger partial charge in [-0.15, -0.1) is 0 Å². The highest BCUT2D eigenvalue weighted by atomic mass is 16.5. The Morgan fingerprint density at radius 2 is 0.918 bits per heavy atom. The second-order valence-corrected chi connectivity index (χ2v) is 13.4. The molecule has 4 aromatic rings. The first-order chi connectivity index (χ1) is 24.0. The number of nitrogens with zero attached hydrogens (tertiary/aromatic N) is 4. The molecule has 0 N–H and O–H groups in total. The van der Waals surface area contributed by atoms with Crippen LogP contribution in [-0.4, -0.2) is 33.1 Å². The fourth-order valence-electron chi connectivity index (χ4n) is 6.42. The molecule has 2 aromatic heterocycles. The van der Waals surface area contributed by atoms with E-state index in [1.807, 2.05) is 6.92 Å². The van der Waals surface area contributed by atoms with Crippen molar-refractivity contribution in [3.05, 3.63) is 107 Å². The lowest BCUT2D eigenvalue weighted by molar-refractivity contribution is 0.314. The molecule has 254 valence electrons.